The van der Waals surface area contributed by atoms with Gasteiger partial charge in [-0.05, 0) is 50.9 Å². The highest BCUT2D eigenvalue weighted by molar-refractivity contribution is 5.93. The van der Waals surface area contributed by atoms with Crippen LogP contribution in [0.3, 0.4) is 0 Å². The highest BCUT2D eigenvalue weighted by Crippen LogP contribution is 2.18. The Kier molecular flexibility index (Phi) is 8.35. The van der Waals surface area contributed by atoms with E-state index in [1.165, 1.54) is 0 Å². The molecule has 0 atom stereocenters. The summed E-state index contributed by atoms with van der Waals surface area (Å²) in [6.45, 7) is 6.07. The summed E-state index contributed by atoms with van der Waals surface area (Å²) in [5.41, 5.74) is 3.05. The third kappa shape index (κ3) is 6.65. The van der Waals surface area contributed by atoms with E-state index in [2.05, 4.69) is 10.2 Å². The first kappa shape index (κ1) is 21.4. The van der Waals surface area contributed by atoms with Gasteiger partial charge in [-0.1, -0.05) is 12.1 Å². The number of benzene rings is 1. The minimum absolute atomic E-state index is 0. The van der Waals surface area contributed by atoms with E-state index in [-0.39, 0.29) is 30.9 Å². The SMILES string of the molecule is Cc1ccc(C)c(NC(=O)CN2CCC(N(C)CC(=O)O)CC2)c1.Cl. The number of nitrogens with zero attached hydrogens (tertiary/aromatic N) is 2. The number of carboxylic acids is 1. The Morgan fingerprint density at radius 2 is 1.92 bits per heavy atom. The summed E-state index contributed by atoms with van der Waals surface area (Å²) in [7, 11) is 1.85. The smallest absolute Gasteiger partial charge is 0.317 e. The zero-order valence-corrected chi connectivity index (χ0v) is 15.9. The number of aliphatic carboxylic acids is 1. The quantitative estimate of drug-likeness (QED) is 0.803. The maximum Gasteiger partial charge on any atom is 0.317 e. The Hall–Kier alpha value is -1.63. The molecule has 0 aliphatic carbocycles. The van der Waals surface area contributed by atoms with E-state index >= 15 is 0 Å². The molecule has 2 N–H and O–H groups in total. The van der Waals surface area contributed by atoms with Crippen LogP contribution < -0.4 is 5.32 Å². The van der Waals surface area contributed by atoms with Crippen LogP contribution in [0.4, 0.5) is 5.69 Å². The monoisotopic (exact) mass is 369 g/mol. The van der Waals surface area contributed by atoms with E-state index in [0.29, 0.717) is 6.54 Å². The zero-order valence-electron chi connectivity index (χ0n) is 15.1. The van der Waals surface area contributed by atoms with Gasteiger partial charge in [-0.15, -0.1) is 12.4 Å². The van der Waals surface area contributed by atoms with Crippen molar-refractivity contribution in [1.82, 2.24) is 9.80 Å². The second kappa shape index (κ2) is 9.75. The summed E-state index contributed by atoms with van der Waals surface area (Å²) in [5, 5.41) is 11.9. The van der Waals surface area contributed by atoms with Gasteiger partial charge in [0.2, 0.25) is 5.91 Å². The van der Waals surface area contributed by atoms with Crippen LogP contribution in [0.15, 0.2) is 18.2 Å². The van der Waals surface area contributed by atoms with Gasteiger partial charge >= 0.3 is 5.97 Å². The van der Waals surface area contributed by atoms with Crippen molar-refractivity contribution >= 4 is 30.0 Å². The molecule has 1 saturated heterocycles. The Morgan fingerprint density at radius 3 is 2.52 bits per heavy atom. The number of nitrogens with one attached hydrogen (secondary N) is 1. The maximum atomic E-state index is 12.3. The molecule has 6 nitrogen and oxygen atoms in total. The van der Waals surface area contributed by atoms with Crippen molar-refractivity contribution in [2.45, 2.75) is 32.7 Å². The molecule has 0 radical (unpaired) electrons. The molecule has 7 heteroatoms. The van der Waals surface area contributed by atoms with Crippen molar-refractivity contribution in [1.29, 1.82) is 0 Å². The van der Waals surface area contributed by atoms with Crippen LogP contribution in [-0.2, 0) is 9.59 Å². The molecule has 1 heterocycles. The highest BCUT2D eigenvalue weighted by Gasteiger charge is 2.24. The van der Waals surface area contributed by atoms with Crippen LogP contribution in [0.25, 0.3) is 0 Å². The first-order valence-corrected chi connectivity index (χ1v) is 8.36. The van der Waals surface area contributed by atoms with Gasteiger partial charge in [-0.25, -0.2) is 0 Å². The molecular weight excluding hydrogens is 342 g/mol. The summed E-state index contributed by atoms with van der Waals surface area (Å²) in [6, 6.07) is 6.30. The predicted molar refractivity (Wildman–Crippen MR) is 102 cm³/mol. The van der Waals surface area contributed by atoms with Crippen LogP contribution >= 0.6 is 12.4 Å². The molecule has 1 aliphatic heterocycles. The number of halogens is 1. The number of carbonyl (C=O) groups excluding carboxylic acids is 1. The van der Waals surface area contributed by atoms with E-state index in [1.54, 1.807) is 0 Å². The summed E-state index contributed by atoms with van der Waals surface area (Å²) in [5.74, 6) is -0.797. The van der Waals surface area contributed by atoms with Crippen molar-refractivity contribution in [3.63, 3.8) is 0 Å². The van der Waals surface area contributed by atoms with Crippen molar-refractivity contribution in [3.05, 3.63) is 29.3 Å². The largest absolute Gasteiger partial charge is 0.480 e. The van der Waals surface area contributed by atoms with E-state index in [4.69, 9.17) is 5.11 Å². The normalized spacial score (nSPS) is 15.7. The Morgan fingerprint density at radius 1 is 1.28 bits per heavy atom. The van der Waals surface area contributed by atoms with Gasteiger partial charge in [0.1, 0.15) is 0 Å². The summed E-state index contributed by atoms with van der Waals surface area (Å²) >= 11 is 0. The van der Waals surface area contributed by atoms with E-state index < -0.39 is 5.97 Å². The maximum absolute atomic E-state index is 12.3. The van der Waals surface area contributed by atoms with Gasteiger partial charge in [0.25, 0.3) is 0 Å². The molecule has 0 bridgehead atoms. The number of hydrogen-bond donors (Lipinski definition) is 2. The molecule has 140 valence electrons. The lowest BCUT2D eigenvalue weighted by Crippen LogP contribution is -2.46. The highest BCUT2D eigenvalue weighted by atomic mass is 35.5. The number of likely N-dealkylation sites (N-methyl/N-ethyl adjacent to an activating group) is 1. The van der Waals surface area contributed by atoms with Gasteiger partial charge in [-0.3, -0.25) is 19.4 Å². The van der Waals surface area contributed by atoms with Crippen LogP contribution in [0, 0.1) is 13.8 Å². The summed E-state index contributed by atoms with van der Waals surface area (Å²) < 4.78 is 0. The third-order valence-electron chi connectivity index (χ3n) is 4.60. The number of amides is 1. The van der Waals surface area contributed by atoms with Gasteiger partial charge in [0.05, 0.1) is 13.1 Å². The first-order chi connectivity index (χ1) is 11.3. The van der Waals surface area contributed by atoms with E-state index in [9.17, 15) is 9.59 Å². The van der Waals surface area contributed by atoms with Crippen LogP contribution in [0.1, 0.15) is 24.0 Å². The fraction of sp³-hybridized carbons (Fsp3) is 0.556. The van der Waals surface area contributed by atoms with Crippen molar-refractivity contribution in [2.75, 3.05) is 38.5 Å². The second-order valence-corrected chi connectivity index (χ2v) is 6.68. The van der Waals surface area contributed by atoms with Crippen LogP contribution in [0.5, 0.6) is 0 Å². The second-order valence-electron chi connectivity index (χ2n) is 6.68. The minimum atomic E-state index is -0.798. The minimum Gasteiger partial charge on any atom is -0.480 e. The average Bonchev–Trinajstić information content (AvgIpc) is 2.51. The Bertz CT molecular complexity index is 601. The molecule has 0 aromatic heterocycles. The number of aryl methyl sites for hydroxylation is 2. The molecule has 25 heavy (non-hydrogen) atoms. The van der Waals surface area contributed by atoms with Gasteiger partial charge in [0.15, 0.2) is 0 Å². The van der Waals surface area contributed by atoms with Gasteiger partial charge in [-0.2, -0.15) is 0 Å². The van der Waals surface area contributed by atoms with Crippen LogP contribution in [0.2, 0.25) is 0 Å². The van der Waals surface area contributed by atoms with Gasteiger partial charge in [0, 0.05) is 24.8 Å². The lowest BCUT2D eigenvalue weighted by Gasteiger charge is -2.35. The number of piperidine rings is 1. The number of rotatable bonds is 6. The Labute approximate surface area is 155 Å². The topological polar surface area (TPSA) is 72.9 Å². The molecule has 1 aromatic rings. The van der Waals surface area contributed by atoms with E-state index in [0.717, 1.165) is 42.7 Å². The molecule has 0 unspecified atom stereocenters. The molecule has 0 spiro atoms. The molecular formula is C18H28ClN3O3. The van der Waals surface area contributed by atoms with Crippen molar-refractivity contribution in [3.8, 4) is 0 Å². The molecule has 1 aliphatic rings. The van der Waals surface area contributed by atoms with Gasteiger partial charge < -0.3 is 10.4 Å². The van der Waals surface area contributed by atoms with Crippen molar-refractivity contribution in [2.24, 2.45) is 0 Å². The predicted octanol–water partition coefficient (Wildman–Crippen LogP) is 2.14. The fourth-order valence-electron chi connectivity index (χ4n) is 3.12. The molecule has 1 amide bonds. The lowest BCUT2D eigenvalue weighted by molar-refractivity contribution is -0.138. The zero-order chi connectivity index (χ0) is 17.7. The van der Waals surface area contributed by atoms with E-state index in [1.807, 2.05) is 44.0 Å². The fourth-order valence-corrected chi connectivity index (χ4v) is 3.12. The number of carboxylic acid groups (broad SMARTS) is 1. The first-order valence-electron chi connectivity index (χ1n) is 8.36. The third-order valence-corrected chi connectivity index (χ3v) is 4.60. The number of likely N-dealkylation sites (tertiary alicyclic amines) is 1. The van der Waals surface area contributed by atoms with Crippen LogP contribution in [-0.4, -0.2) is 66.1 Å². The Balaban J connectivity index is 0.00000312. The molecule has 1 fully saturated rings. The molecule has 2 rings (SSSR count). The summed E-state index contributed by atoms with van der Waals surface area (Å²) in [4.78, 5) is 27.1. The molecule has 1 aromatic carbocycles. The summed E-state index contributed by atoms with van der Waals surface area (Å²) in [6.07, 6.45) is 1.78. The molecule has 0 saturated carbocycles. The number of hydrogen-bond acceptors (Lipinski definition) is 4. The average molecular weight is 370 g/mol. The number of anilines is 1. The number of carbonyl (C=O) groups is 2. The van der Waals surface area contributed by atoms with Crippen molar-refractivity contribution < 1.29 is 14.7 Å². The standard InChI is InChI=1S/C18H27N3O3.ClH/c1-13-4-5-14(2)16(10-13)19-17(22)11-21-8-6-15(7-9-21)20(3)12-18(23)24;/h4-5,10,15H,6-9,11-12H2,1-3H3,(H,19,22)(H,23,24);1H. The lowest BCUT2D eigenvalue weighted by atomic mass is 10.0.